The maximum atomic E-state index is 12.9. The molecule has 0 aliphatic rings. The number of nitrogens with zero attached hydrogens (tertiary/aromatic N) is 5. The Morgan fingerprint density at radius 1 is 1.12 bits per heavy atom. The summed E-state index contributed by atoms with van der Waals surface area (Å²) in [6.45, 7) is 3.62. The van der Waals surface area contributed by atoms with Crippen molar-refractivity contribution in [2.45, 2.75) is 33.0 Å². The first-order valence-electron chi connectivity index (χ1n) is 10.3. The molecule has 0 radical (unpaired) electrons. The number of hydrogen-bond donors (Lipinski definition) is 1. The molecule has 0 bridgehead atoms. The van der Waals surface area contributed by atoms with Gasteiger partial charge in [0.05, 0.1) is 12.1 Å². The fraction of sp³-hybridized carbons (Fsp3) is 0.318. The Bertz CT molecular complexity index is 1130. The highest BCUT2D eigenvalue weighted by atomic mass is 19.4. The maximum absolute atomic E-state index is 12.9. The number of aromatic nitrogens is 4. The first-order valence-corrected chi connectivity index (χ1v) is 10.3. The molecule has 174 valence electrons. The van der Waals surface area contributed by atoms with E-state index in [1.165, 1.54) is 17.0 Å². The first kappa shape index (κ1) is 23.9. The van der Waals surface area contributed by atoms with E-state index in [9.17, 15) is 22.8 Å². The number of amides is 2. The Labute approximate surface area is 188 Å². The van der Waals surface area contributed by atoms with Crippen LogP contribution < -0.4 is 5.32 Å². The van der Waals surface area contributed by atoms with Gasteiger partial charge in [-0.05, 0) is 42.3 Å². The summed E-state index contributed by atoms with van der Waals surface area (Å²) >= 11 is 0. The van der Waals surface area contributed by atoms with Gasteiger partial charge in [0.2, 0.25) is 17.6 Å². The average molecular weight is 460 g/mol. The zero-order valence-electron chi connectivity index (χ0n) is 18.1. The van der Waals surface area contributed by atoms with E-state index in [0.29, 0.717) is 18.7 Å². The number of anilines is 1. The first-order chi connectivity index (χ1) is 15.7. The minimum absolute atomic E-state index is 0.0340. The van der Waals surface area contributed by atoms with E-state index in [2.05, 4.69) is 20.7 Å². The molecule has 0 atom stereocenters. The number of nitrogens with one attached hydrogen (secondary N) is 1. The Kier molecular flexibility index (Phi) is 7.41. The molecule has 2 aromatic carbocycles. The van der Waals surface area contributed by atoms with Gasteiger partial charge in [0.1, 0.15) is 6.54 Å². The van der Waals surface area contributed by atoms with Crippen molar-refractivity contribution >= 4 is 17.5 Å². The molecule has 0 spiro atoms. The van der Waals surface area contributed by atoms with Gasteiger partial charge in [-0.3, -0.25) is 9.59 Å². The van der Waals surface area contributed by atoms with Crippen LogP contribution in [-0.2, 0) is 22.3 Å². The van der Waals surface area contributed by atoms with Crippen molar-refractivity contribution < 1.29 is 22.8 Å². The molecule has 11 heteroatoms. The van der Waals surface area contributed by atoms with Gasteiger partial charge in [-0.15, -0.1) is 10.2 Å². The molecule has 0 saturated heterocycles. The lowest BCUT2D eigenvalue weighted by Gasteiger charge is -2.21. The minimum atomic E-state index is -4.50. The predicted octanol–water partition coefficient (Wildman–Crippen LogP) is 3.54. The van der Waals surface area contributed by atoms with Crippen molar-refractivity contribution in [1.29, 1.82) is 0 Å². The lowest BCUT2D eigenvalue weighted by atomic mass is 10.1. The second kappa shape index (κ2) is 10.2. The van der Waals surface area contributed by atoms with Crippen molar-refractivity contribution in [3.05, 3.63) is 59.7 Å². The molecule has 0 aliphatic carbocycles. The van der Waals surface area contributed by atoms with E-state index in [0.717, 1.165) is 22.5 Å². The number of aryl methyl sites for hydroxylation is 1. The molecule has 3 rings (SSSR count). The number of carbonyl (C=O) groups excluding carboxylic acids is 2. The van der Waals surface area contributed by atoms with Gasteiger partial charge >= 0.3 is 6.18 Å². The van der Waals surface area contributed by atoms with Gasteiger partial charge in [0.15, 0.2) is 0 Å². The summed E-state index contributed by atoms with van der Waals surface area (Å²) in [5.41, 5.74) is 0.857. The topological polar surface area (TPSA) is 93.0 Å². The third kappa shape index (κ3) is 6.37. The fourth-order valence-electron chi connectivity index (χ4n) is 3.12. The molecule has 2 amide bonds. The summed E-state index contributed by atoms with van der Waals surface area (Å²) < 4.78 is 38.8. The summed E-state index contributed by atoms with van der Waals surface area (Å²) in [5.74, 6) is -0.791. The van der Waals surface area contributed by atoms with E-state index < -0.39 is 17.6 Å². The van der Waals surface area contributed by atoms with E-state index in [1.54, 1.807) is 12.1 Å². The zero-order chi connectivity index (χ0) is 24.0. The number of carbonyl (C=O) groups is 2. The number of hydrogen-bond acceptors (Lipinski definition) is 5. The second-order valence-electron chi connectivity index (χ2n) is 7.40. The van der Waals surface area contributed by atoms with Crippen molar-refractivity contribution in [3.8, 4) is 11.4 Å². The Balaban J connectivity index is 1.67. The Morgan fingerprint density at radius 2 is 1.88 bits per heavy atom. The van der Waals surface area contributed by atoms with Crippen LogP contribution in [0.4, 0.5) is 18.9 Å². The van der Waals surface area contributed by atoms with Gasteiger partial charge < -0.3 is 10.2 Å². The lowest BCUT2D eigenvalue weighted by Crippen LogP contribution is -2.40. The molecule has 8 nitrogen and oxygen atoms in total. The van der Waals surface area contributed by atoms with Crippen molar-refractivity contribution in [2.24, 2.45) is 0 Å². The summed E-state index contributed by atoms with van der Waals surface area (Å²) in [7, 11) is 0. The quantitative estimate of drug-likeness (QED) is 0.555. The normalized spacial score (nSPS) is 11.3. The molecule has 1 N–H and O–H groups in total. The van der Waals surface area contributed by atoms with E-state index >= 15 is 0 Å². The van der Waals surface area contributed by atoms with E-state index in [-0.39, 0.29) is 30.4 Å². The van der Waals surface area contributed by atoms with Crippen LogP contribution in [0.1, 0.15) is 24.5 Å². The smallest absolute Gasteiger partial charge is 0.332 e. The van der Waals surface area contributed by atoms with Crippen molar-refractivity contribution in [1.82, 2.24) is 25.1 Å². The van der Waals surface area contributed by atoms with Crippen LogP contribution in [0.2, 0.25) is 0 Å². The molecular weight excluding hydrogens is 437 g/mol. The monoisotopic (exact) mass is 460 g/mol. The van der Waals surface area contributed by atoms with E-state index in [1.807, 2.05) is 26.0 Å². The fourth-order valence-corrected chi connectivity index (χ4v) is 3.12. The van der Waals surface area contributed by atoms with Gasteiger partial charge in [0.25, 0.3) is 0 Å². The number of para-hydroxylation sites is 1. The van der Waals surface area contributed by atoms with Gasteiger partial charge in [-0.25, -0.2) is 0 Å². The highest BCUT2D eigenvalue weighted by molar-refractivity contribution is 5.95. The highest BCUT2D eigenvalue weighted by Gasteiger charge is 2.30. The van der Waals surface area contributed by atoms with Crippen LogP contribution in [0.5, 0.6) is 0 Å². The third-order valence-electron chi connectivity index (χ3n) is 4.78. The van der Waals surface area contributed by atoms with Crippen LogP contribution in [0.25, 0.3) is 11.4 Å². The summed E-state index contributed by atoms with van der Waals surface area (Å²) in [5, 5.41) is 14.3. The number of tetrazole rings is 1. The summed E-state index contributed by atoms with van der Waals surface area (Å²) in [6.07, 6.45) is -3.87. The summed E-state index contributed by atoms with van der Waals surface area (Å²) in [4.78, 5) is 27.6. The van der Waals surface area contributed by atoms with Crippen molar-refractivity contribution in [2.75, 3.05) is 18.4 Å². The SMILES string of the molecule is CCCN(CC(=O)Nc1ccccc1C)C(=O)Cn1nnc(-c2cccc(C(F)(F)F)c2)n1. The van der Waals surface area contributed by atoms with Crippen LogP contribution in [-0.4, -0.2) is 50.0 Å². The Morgan fingerprint density at radius 3 is 2.58 bits per heavy atom. The molecule has 1 heterocycles. The van der Waals surface area contributed by atoms with Gasteiger partial charge in [-0.1, -0.05) is 37.3 Å². The molecule has 0 unspecified atom stereocenters. The molecule has 3 aromatic rings. The molecule has 1 aromatic heterocycles. The van der Waals surface area contributed by atoms with Gasteiger partial charge in [-0.2, -0.15) is 18.0 Å². The van der Waals surface area contributed by atoms with Crippen LogP contribution in [0.15, 0.2) is 48.5 Å². The molecule has 0 saturated carbocycles. The van der Waals surface area contributed by atoms with Crippen LogP contribution >= 0.6 is 0 Å². The van der Waals surface area contributed by atoms with Crippen LogP contribution in [0, 0.1) is 6.92 Å². The maximum Gasteiger partial charge on any atom is 0.416 e. The highest BCUT2D eigenvalue weighted by Crippen LogP contribution is 2.31. The lowest BCUT2D eigenvalue weighted by molar-refractivity contribution is -0.137. The molecule has 0 fully saturated rings. The summed E-state index contributed by atoms with van der Waals surface area (Å²) in [6, 6.07) is 11.8. The number of alkyl halides is 3. The number of benzene rings is 2. The molecular formula is C22H23F3N6O2. The Hall–Kier alpha value is -3.76. The average Bonchev–Trinajstić information content (AvgIpc) is 3.23. The van der Waals surface area contributed by atoms with Crippen LogP contribution in [0.3, 0.4) is 0 Å². The van der Waals surface area contributed by atoms with E-state index in [4.69, 9.17) is 0 Å². The molecule has 33 heavy (non-hydrogen) atoms. The molecule has 0 aliphatic heterocycles. The number of rotatable bonds is 8. The van der Waals surface area contributed by atoms with Gasteiger partial charge in [0, 0.05) is 17.8 Å². The largest absolute Gasteiger partial charge is 0.416 e. The third-order valence-corrected chi connectivity index (χ3v) is 4.78. The zero-order valence-corrected chi connectivity index (χ0v) is 18.1. The van der Waals surface area contributed by atoms with Crippen molar-refractivity contribution in [3.63, 3.8) is 0 Å². The standard InChI is InChI=1S/C22H23F3N6O2/c1-3-11-30(13-19(32)26-18-10-5-4-7-15(18)2)20(33)14-31-28-21(27-29-31)16-8-6-9-17(12-16)22(23,24)25/h4-10,12H,3,11,13-14H2,1-2H3,(H,26,32). The number of halogens is 3. The second-order valence-corrected chi connectivity index (χ2v) is 7.40. The predicted molar refractivity (Wildman–Crippen MR) is 115 cm³/mol. The minimum Gasteiger partial charge on any atom is -0.332 e.